The highest BCUT2D eigenvalue weighted by molar-refractivity contribution is 5.38. The van der Waals surface area contributed by atoms with E-state index in [0.29, 0.717) is 5.75 Å². The van der Waals surface area contributed by atoms with Crippen LogP contribution in [0.1, 0.15) is 24.1 Å². The number of benzene rings is 1. The predicted molar refractivity (Wildman–Crippen MR) is 61.3 cm³/mol. The Kier molecular flexibility index (Phi) is 4.98. The van der Waals surface area contributed by atoms with Gasteiger partial charge < -0.3 is 15.2 Å². The molecule has 0 radical (unpaired) electrons. The Hall–Kier alpha value is -1.27. The third kappa shape index (κ3) is 4.93. The summed E-state index contributed by atoms with van der Waals surface area (Å²) in [6.45, 7) is 1.89. The van der Waals surface area contributed by atoms with Crippen LogP contribution in [0.4, 0.5) is 13.2 Å². The first kappa shape index (κ1) is 14.8. The van der Waals surface area contributed by atoms with Crippen molar-refractivity contribution in [2.75, 3.05) is 13.4 Å². The van der Waals surface area contributed by atoms with Crippen LogP contribution >= 0.6 is 0 Å². The minimum atomic E-state index is -4.35. The van der Waals surface area contributed by atoms with Crippen LogP contribution in [0.15, 0.2) is 18.2 Å². The average Bonchev–Trinajstić information content (AvgIpc) is 2.24. The topological polar surface area (TPSA) is 44.5 Å². The number of halogens is 3. The van der Waals surface area contributed by atoms with Crippen molar-refractivity contribution in [3.8, 4) is 5.75 Å². The van der Waals surface area contributed by atoms with Gasteiger partial charge in [-0.25, -0.2) is 0 Å². The lowest BCUT2D eigenvalue weighted by molar-refractivity contribution is -0.186. The molecule has 1 aromatic rings. The summed E-state index contributed by atoms with van der Waals surface area (Å²) in [7, 11) is 0. The minimum Gasteiger partial charge on any atom is -0.467 e. The molecule has 0 unspecified atom stereocenters. The van der Waals surface area contributed by atoms with Crippen molar-refractivity contribution in [3.05, 3.63) is 29.3 Å². The van der Waals surface area contributed by atoms with Gasteiger partial charge >= 0.3 is 6.18 Å². The highest BCUT2D eigenvalue weighted by Crippen LogP contribution is 2.25. The molecule has 0 aromatic heterocycles. The number of hydrogen-bond donors (Lipinski definition) is 1. The van der Waals surface area contributed by atoms with Crippen LogP contribution in [0.3, 0.4) is 0 Å². The number of alkyl halides is 3. The summed E-state index contributed by atoms with van der Waals surface area (Å²) in [4.78, 5) is 0. The van der Waals surface area contributed by atoms with Crippen molar-refractivity contribution in [3.63, 3.8) is 0 Å². The Bertz CT molecular complexity index is 391. The molecule has 0 spiro atoms. The Morgan fingerprint density at radius 1 is 1.33 bits per heavy atom. The number of hydrogen-bond acceptors (Lipinski definition) is 3. The number of nitrogens with two attached hydrogens (primary N) is 1. The number of rotatable bonds is 5. The zero-order chi connectivity index (χ0) is 13.8. The molecular weight excluding hydrogens is 247 g/mol. The summed E-state index contributed by atoms with van der Waals surface area (Å²) < 4.78 is 45.0. The zero-order valence-electron chi connectivity index (χ0n) is 10.3. The Morgan fingerprint density at radius 3 is 2.56 bits per heavy atom. The van der Waals surface area contributed by atoms with Crippen LogP contribution in [0.25, 0.3) is 0 Å². The van der Waals surface area contributed by atoms with E-state index in [1.807, 2.05) is 13.0 Å². The van der Waals surface area contributed by atoms with Crippen LogP contribution in [-0.2, 0) is 4.74 Å². The summed E-state index contributed by atoms with van der Waals surface area (Å²) in [5.74, 6) is 0.442. The van der Waals surface area contributed by atoms with Gasteiger partial charge in [-0.05, 0) is 19.9 Å². The van der Waals surface area contributed by atoms with Crippen molar-refractivity contribution in [2.24, 2.45) is 5.73 Å². The highest BCUT2D eigenvalue weighted by atomic mass is 19.4. The first-order valence-corrected chi connectivity index (χ1v) is 5.43. The summed E-state index contributed by atoms with van der Waals surface area (Å²) in [5, 5.41) is 0. The van der Waals surface area contributed by atoms with Crippen molar-refractivity contribution >= 4 is 0 Å². The maximum absolute atomic E-state index is 11.8. The maximum atomic E-state index is 11.8. The third-order valence-electron chi connectivity index (χ3n) is 2.22. The molecule has 0 saturated heterocycles. The Balaban J connectivity index is 2.57. The van der Waals surface area contributed by atoms with E-state index in [2.05, 4.69) is 4.74 Å². The molecule has 0 aliphatic rings. The summed E-state index contributed by atoms with van der Waals surface area (Å²) in [5.41, 5.74) is 7.50. The summed E-state index contributed by atoms with van der Waals surface area (Å²) in [6, 6.07) is 5.04. The van der Waals surface area contributed by atoms with Gasteiger partial charge in [0.25, 0.3) is 0 Å². The lowest BCUT2D eigenvalue weighted by Gasteiger charge is -2.15. The molecular formula is C12H16F3NO2. The van der Waals surface area contributed by atoms with E-state index in [1.54, 1.807) is 19.1 Å². The van der Waals surface area contributed by atoms with E-state index >= 15 is 0 Å². The quantitative estimate of drug-likeness (QED) is 0.656. The molecule has 1 rings (SSSR count). The first-order chi connectivity index (χ1) is 8.29. The molecule has 18 heavy (non-hydrogen) atoms. The SMILES string of the molecule is Cc1ccc(OCOCC(F)(F)F)c([C@H](C)N)c1. The standard InChI is InChI=1S/C12H16F3NO2/c1-8-3-4-11(10(5-8)9(2)16)18-7-17-6-12(13,14)15/h3-5,9H,6-7,16H2,1-2H3/t9-/m0/s1. The second-order valence-corrected chi connectivity index (χ2v) is 4.06. The van der Waals surface area contributed by atoms with E-state index in [9.17, 15) is 13.2 Å². The van der Waals surface area contributed by atoms with Gasteiger partial charge in [0, 0.05) is 11.6 Å². The number of aryl methyl sites for hydroxylation is 1. The second-order valence-electron chi connectivity index (χ2n) is 4.06. The van der Waals surface area contributed by atoms with Crippen molar-refractivity contribution < 1.29 is 22.6 Å². The highest BCUT2D eigenvalue weighted by Gasteiger charge is 2.27. The smallest absolute Gasteiger partial charge is 0.411 e. The van der Waals surface area contributed by atoms with E-state index in [4.69, 9.17) is 10.5 Å². The normalized spacial score (nSPS) is 13.4. The van der Waals surface area contributed by atoms with Crippen LogP contribution in [0.2, 0.25) is 0 Å². The molecule has 0 amide bonds. The minimum absolute atomic E-state index is 0.262. The molecule has 0 aliphatic heterocycles. The van der Waals surface area contributed by atoms with Crippen molar-refractivity contribution in [1.82, 2.24) is 0 Å². The van der Waals surface area contributed by atoms with Crippen LogP contribution < -0.4 is 10.5 Å². The molecule has 6 heteroatoms. The lowest BCUT2D eigenvalue weighted by atomic mass is 10.1. The molecule has 102 valence electrons. The summed E-state index contributed by atoms with van der Waals surface area (Å²) in [6.07, 6.45) is -4.35. The van der Waals surface area contributed by atoms with Gasteiger partial charge in [-0.3, -0.25) is 0 Å². The molecule has 0 bridgehead atoms. The van der Waals surface area contributed by atoms with E-state index in [0.717, 1.165) is 11.1 Å². The van der Waals surface area contributed by atoms with Gasteiger partial charge in [0.1, 0.15) is 12.4 Å². The largest absolute Gasteiger partial charge is 0.467 e. The molecule has 2 N–H and O–H groups in total. The average molecular weight is 263 g/mol. The molecule has 0 fully saturated rings. The fourth-order valence-electron chi connectivity index (χ4n) is 1.42. The molecule has 3 nitrogen and oxygen atoms in total. The van der Waals surface area contributed by atoms with Gasteiger partial charge in [-0.2, -0.15) is 13.2 Å². The second kappa shape index (κ2) is 6.06. The lowest BCUT2D eigenvalue weighted by Crippen LogP contribution is -2.19. The predicted octanol–water partition coefficient (Wildman–Crippen LogP) is 2.93. The van der Waals surface area contributed by atoms with E-state index in [1.165, 1.54) is 0 Å². The van der Waals surface area contributed by atoms with Gasteiger partial charge in [-0.15, -0.1) is 0 Å². The van der Waals surface area contributed by atoms with E-state index in [-0.39, 0.29) is 6.04 Å². The van der Waals surface area contributed by atoms with Crippen LogP contribution in [0, 0.1) is 6.92 Å². The van der Waals surface area contributed by atoms with Gasteiger partial charge in [0.2, 0.25) is 0 Å². The third-order valence-corrected chi connectivity index (χ3v) is 2.22. The first-order valence-electron chi connectivity index (χ1n) is 5.43. The molecule has 0 aliphatic carbocycles. The maximum Gasteiger partial charge on any atom is 0.411 e. The monoisotopic (exact) mass is 263 g/mol. The molecule has 1 aromatic carbocycles. The van der Waals surface area contributed by atoms with Gasteiger partial charge in [-0.1, -0.05) is 17.7 Å². The van der Waals surface area contributed by atoms with Gasteiger partial charge in [0.05, 0.1) is 0 Å². The molecule has 0 heterocycles. The fraction of sp³-hybridized carbons (Fsp3) is 0.500. The fourth-order valence-corrected chi connectivity index (χ4v) is 1.42. The number of ether oxygens (including phenoxy) is 2. The molecule has 0 saturated carbocycles. The van der Waals surface area contributed by atoms with Crippen LogP contribution in [0.5, 0.6) is 5.75 Å². The zero-order valence-corrected chi connectivity index (χ0v) is 10.3. The van der Waals surface area contributed by atoms with Crippen molar-refractivity contribution in [1.29, 1.82) is 0 Å². The Labute approximate surface area is 104 Å². The summed E-state index contributed by atoms with van der Waals surface area (Å²) >= 11 is 0. The van der Waals surface area contributed by atoms with E-state index < -0.39 is 19.6 Å². The van der Waals surface area contributed by atoms with Crippen LogP contribution in [-0.4, -0.2) is 19.6 Å². The molecule has 1 atom stereocenters. The van der Waals surface area contributed by atoms with Gasteiger partial charge in [0.15, 0.2) is 6.79 Å². The Morgan fingerprint density at radius 2 is 2.00 bits per heavy atom. The van der Waals surface area contributed by atoms with Crippen molar-refractivity contribution in [2.45, 2.75) is 26.1 Å².